The molecule has 3 heterocycles. The summed E-state index contributed by atoms with van der Waals surface area (Å²) in [7, 11) is 0. The third-order valence-corrected chi connectivity index (χ3v) is 4.75. The molecule has 2 saturated heterocycles. The van der Waals surface area contributed by atoms with Crippen LogP contribution in [-0.2, 0) is 4.74 Å². The molecule has 0 saturated carbocycles. The van der Waals surface area contributed by atoms with Crippen LogP contribution in [-0.4, -0.2) is 51.8 Å². The lowest BCUT2D eigenvalue weighted by molar-refractivity contribution is -0.0957. The lowest BCUT2D eigenvalue weighted by atomic mass is 9.82. The molecule has 5 heteroatoms. The van der Waals surface area contributed by atoms with Crippen molar-refractivity contribution in [1.82, 2.24) is 9.88 Å². The van der Waals surface area contributed by atoms with E-state index in [1.54, 1.807) is 11.1 Å². The summed E-state index contributed by atoms with van der Waals surface area (Å²) >= 11 is 0. The van der Waals surface area contributed by atoms with Crippen LogP contribution in [0.4, 0.5) is 0 Å². The van der Waals surface area contributed by atoms with Crippen molar-refractivity contribution >= 4 is 5.91 Å². The molecular weight excluding hydrogens is 280 g/mol. The highest BCUT2D eigenvalue weighted by atomic mass is 16.5. The van der Waals surface area contributed by atoms with Gasteiger partial charge in [-0.3, -0.25) is 9.78 Å². The molecule has 120 valence electrons. The van der Waals surface area contributed by atoms with Gasteiger partial charge in [0.25, 0.3) is 5.91 Å². The number of rotatable bonds is 4. The molecule has 1 spiro atoms. The van der Waals surface area contributed by atoms with Crippen LogP contribution < -0.4 is 0 Å². The molecule has 0 radical (unpaired) electrons. The maximum absolute atomic E-state index is 12.5. The average Bonchev–Trinajstić information content (AvgIpc) is 2.82. The molecule has 1 unspecified atom stereocenters. The summed E-state index contributed by atoms with van der Waals surface area (Å²) in [6, 6.07) is 3.73. The molecule has 2 aliphatic heterocycles. The number of ether oxygens (including phenoxy) is 1. The summed E-state index contributed by atoms with van der Waals surface area (Å²) in [5.41, 5.74) is 0.337. The van der Waals surface area contributed by atoms with Gasteiger partial charge in [0.2, 0.25) is 0 Å². The monoisotopic (exact) mass is 304 g/mol. The Kier molecular flexibility index (Phi) is 3.95. The number of nitrogens with zero attached hydrogens (tertiary/aromatic N) is 2. The number of hydrogen-bond donors (Lipinski definition) is 1. The highest BCUT2D eigenvalue weighted by Crippen LogP contribution is 2.42. The lowest BCUT2D eigenvalue weighted by Crippen LogP contribution is -2.63. The summed E-state index contributed by atoms with van der Waals surface area (Å²) in [5.74, 6) is -0.0451. The number of carbonyl (C=O) groups excluding carboxylic acids is 1. The lowest BCUT2D eigenvalue weighted by Gasteiger charge is -2.47. The fraction of sp³-hybridized carbons (Fsp3) is 0.647. The largest absolute Gasteiger partial charge is 0.387 e. The van der Waals surface area contributed by atoms with Crippen molar-refractivity contribution in [1.29, 1.82) is 0 Å². The van der Waals surface area contributed by atoms with Gasteiger partial charge in [0.1, 0.15) is 11.3 Å². The van der Waals surface area contributed by atoms with Gasteiger partial charge in [-0.2, -0.15) is 0 Å². The highest BCUT2D eigenvalue weighted by molar-refractivity contribution is 5.94. The van der Waals surface area contributed by atoms with Crippen LogP contribution >= 0.6 is 0 Å². The predicted octanol–water partition coefficient (Wildman–Crippen LogP) is 1.93. The van der Waals surface area contributed by atoms with E-state index in [0.717, 1.165) is 24.8 Å². The predicted molar refractivity (Wildman–Crippen MR) is 82.7 cm³/mol. The van der Waals surface area contributed by atoms with Gasteiger partial charge in [0.05, 0.1) is 25.3 Å². The van der Waals surface area contributed by atoms with Crippen molar-refractivity contribution in [2.75, 3.05) is 19.7 Å². The number of aromatic nitrogens is 1. The Morgan fingerprint density at radius 3 is 2.95 bits per heavy atom. The van der Waals surface area contributed by atoms with Crippen molar-refractivity contribution in [3.8, 4) is 0 Å². The maximum atomic E-state index is 12.5. The van der Waals surface area contributed by atoms with E-state index in [9.17, 15) is 9.90 Å². The van der Waals surface area contributed by atoms with E-state index in [4.69, 9.17) is 4.74 Å². The van der Waals surface area contributed by atoms with E-state index < -0.39 is 5.60 Å². The molecule has 0 bridgehead atoms. The van der Waals surface area contributed by atoms with E-state index in [2.05, 4.69) is 11.9 Å². The maximum Gasteiger partial charge on any atom is 0.272 e. The van der Waals surface area contributed by atoms with Crippen LogP contribution in [0, 0.1) is 6.92 Å². The van der Waals surface area contributed by atoms with Gasteiger partial charge in [-0.05, 0) is 25.0 Å². The number of pyridine rings is 1. The summed E-state index contributed by atoms with van der Waals surface area (Å²) in [4.78, 5) is 18.4. The highest BCUT2D eigenvalue weighted by Gasteiger charge is 2.56. The van der Waals surface area contributed by atoms with Crippen LogP contribution in [0.5, 0.6) is 0 Å². The molecule has 0 aliphatic carbocycles. The summed E-state index contributed by atoms with van der Waals surface area (Å²) in [5, 5.41) is 10.6. The van der Waals surface area contributed by atoms with E-state index in [0.29, 0.717) is 31.8 Å². The number of unbranched alkanes of at least 4 members (excludes halogenated alkanes) is 1. The topological polar surface area (TPSA) is 62.7 Å². The Morgan fingerprint density at radius 2 is 2.27 bits per heavy atom. The smallest absolute Gasteiger partial charge is 0.272 e. The number of hydrogen-bond acceptors (Lipinski definition) is 4. The van der Waals surface area contributed by atoms with Gasteiger partial charge in [0.15, 0.2) is 0 Å². The molecule has 1 N–H and O–H groups in total. The van der Waals surface area contributed by atoms with Crippen molar-refractivity contribution in [2.45, 2.75) is 50.7 Å². The summed E-state index contributed by atoms with van der Waals surface area (Å²) in [6.07, 6.45) is 5.12. The van der Waals surface area contributed by atoms with Crippen molar-refractivity contribution in [3.63, 3.8) is 0 Å². The molecule has 1 aromatic rings. The van der Waals surface area contributed by atoms with Crippen LogP contribution in [0.25, 0.3) is 0 Å². The first-order chi connectivity index (χ1) is 10.5. The molecule has 2 aliphatic rings. The fourth-order valence-electron chi connectivity index (χ4n) is 3.51. The Hall–Kier alpha value is -1.46. The van der Waals surface area contributed by atoms with E-state index >= 15 is 0 Å². The van der Waals surface area contributed by atoms with Gasteiger partial charge < -0.3 is 14.7 Å². The molecule has 5 nitrogen and oxygen atoms in total. The Bertz CT molecular complexity index is 569. The Labute approximate surface area is 131 Å². The first-order valence-corrected chi connectivity index (χ1v) is 8.04. The van der Waals surface area contributed by atoms with E-state index in [1.165, 1.54) is 0 Å². The molecule has 1 amide bonds. The zero-order valence-electron chi connectivity index (χ0n) is 13.3. The van der Waals surface area contributed by atoms with Crippen LogP contribution in [0.15, 0.2) is 18.3 Å². The van der Waals surface area contributed by atoms with Crippen LogP contribution in [0.3, 0.4) is 0 Å². The molecule has 1 aromatic heterocycles. The molecule has 3 rings (SSSR count). The van der Waals surface area contributed by atoms with Crippen LogP contribution in [0.1, 0.15) is 48.7 Å². The van der Waals surface area contributed by atoms with Gasteiger partial charge in [-0.1, -0.05) is 25.8 Å². The number of likely N-dealkylation sites (tertiary alicyclic amines) is 1. The van der Waals surface area contributed by atoms with Gasteiger partial charge in [0, 0.05) is 12.6 Å². The normalized spacial score (nSPS) is 26.2. The van der Waals surface area contributed by atoms with E-state index in [-0.39, 0.29) is 11.5 Å². The standard InChI is InChI=1S/C17H24N2O3/c1-3-4-7-16(21)9-17(22-12-16)10-19(11-17)15(20)14-13(2)6-5-8-18-14/h5-6,8,21H,3-4,7,9-12H2,1-2H3. The first kappa shape index (κ1) is 15.4. The van der Waals surface area contributed by atoms with Gasteiger partial charge in [-0.25, -0.2) is 0 Å². The minimum Gasteiger partial charge on any atom is -0.387 e. The van der Waals surface area contributed by atoms with Crippen LogP contribution in [0.2, 0.25) is 0 Å². The van der Waals surface area contributed by atoms with Gasteiger partial charge in [-0.15, -0.1) is 0 Å². The Balaban J connectivity index is 1.60. The average molecular weight is 304 g/mol. The number of aryl methyl sites for hydroxylation is 1. The molecule has 2 fully saturated rings. The molecule has 1 atom stereocenters. The SMILES string of the molecule is CCCCC1(O)COC2(CN(C(=O)c3ncccc3C)C2)C1. The van der Waals surface area contributed by atoms with Crippen molar-refractivity contribution in [2.24, 2.45) is 0 Å². The summed E-state index contributed by atoms with van der Waals surface area (Å²) < 4.78 is 5.87. The summed E-state index contributed by atoms with van der Waals surface area (Å²) in [6.45, 7) is 5.50. The number of aliphatic hydroxyl groups is 1. The quantitative estimate of drug-likeness (QED) is 0.923. The Morgan fingerprint density at radius 1 is 1.50 bits per heavy atom. The zero-order valence-corrected chi connectivity index (χ0v) is 13.3. The molecule has 0 aromatic carbocycles. The second kappa shape index (κ2) is 5.63. The third kappa shape index (κ3) is 2.75. The fourth-order valence-corrected chi connectivity index (χ4v) is 3.51. The molecule has 22 heavy (non-hydrogen) atoms. The third-order valence-electron chi connectivity index (χ3n) is 4.75. The second-order valence-electron chi connectivity index (χ2n) is 6.81. The first-order valence-electron chi connectivity index (χ1n) is 8.04. The number of carbonyl (C=O) groups is 1. The molecular formula is C17H24N2O3. The van der Waals surface area contributed by atoms with Crippen molar-refractivity contribution in [3.05, 3.63) is 29.6 Å². The van der Waals surface area contributed by atoms with Crippen molar-refractivity contribution < 1.29 is 14.6 Å². The minimum atomic E-state index is -0.716. The number of amides is 1. The zero-order chi connectivity index (χ0) is 15.8. The minimum absolute atomic E-state index is 0.0451. The van der Waals surface area contributed by atoms with E-state index in [1.807, 2.05) is 19.1 Å². The van der Waals surface area contributed by atoms with Gasteiger partial charge >= 0.3 is 0 Å². The second-order valence-corrected chi connectivity index (χ2v) is 6.81.